The van der Waals surface area contributed by atoms with Gasteiger partial charge in [-0.3, -0.25) is 14.4 Å². The molecular formula is C55H120N4O21S7. The third-order valence-electron chi connectivity index (χ3n) is 12.9. The van der Waals surface area contributed by atoms with Crippen LogP contribution in [0.25, 0.3) is 0 Å². The van der Waals surface area contributed by atoms with Crippen LogP contribution in [-0.4, -0.2) is 239 Å². The molecule has 0 radical (unpaired) electrons. The van der Waals surface area contributed by atoms with Gasteiger partial charge in [0.15, 0.2) is 9.84 Å². The van der Waals surface area contributed by atoms with E-state index in [9.17, 15) is 73.3 Å². The highest BCUT2D eigenvalue weighted by Crippen LogP contribution is 2.24. The summed E-state index contributed by atoms with van der Waals surface area (Å²) in [6.45, 7) is 29.3. The molecule has 4 aliphatic rings. The predicted molar refractivity (Wildman–Crippen MR) is 352 cm³/mol. The van der Waals surface area contributed by atoms with E-state index >= 15 is 0 Å². The van der Waals surface area contributed by atoms with Gasteiger partial charge in [0, 0.05) is 85.7 Å². The van der Waals surface area contributed by atoms with Crippen LogP contribution >= 0.6 is 0 Å². The number of rotatable bonds is 17. The van der Waals surface area contributed by atoms with E-state index in [1.807, 2.05) is 20.8 Å². The standard InChI is InChI=1S/C10H19NO3S.C8H16O.C7H14O3S.C6H12O2S.C5H10O2.3C4H11NO2S.C4H10O2S.C3H6O2/c1-3-11(2)10(12)8-9-4-6-15(13,14)7-5-9;1-6-4-7(2)9-8(3)5-6;1-2-10-7-3-5-11(8,9)6-4-7;1-6-2-4-9(7,8)5-3-6;1-3-5(6)7-4-2;1-4-5(2)8(3,6)7;1-4-8(6,7)5(2)3;1-3-5-8(6,7)4-2;1-3-4-7(2,5)6;1-2-3(4)5/h9H,3-8H2,1-2H3;6-8H,4-5H2,1-3H3;7H,2-6H2,1H3;6H,2-5H2,1H3;3-4H2,1-2H3;2*4H2,1-3H3;5H,3-4H2,1-2H3;3-4H2,1-2H3;2H2,1H3,(H,4,5). The SMILES string of the molecule is CC1CC(C)OC(C)C1.CC1CCS(=O)(=O)CC1.CCC(=O)O.CCCS(C)(=O)=O.CCN(C)C(=O)CC1CCS(=O)(=O)CC1.CCN(C)S(C)(=O)=O.CCNS(=O)(=O)CC.CCOC(=O)CC.CCOC1CCS(=O)(=O)CC1.CCS(=O)(=O)N(C)C. The number of hydrogen-bond acceptors (Lipinski definition) is 20. The molecule has 1 amide bonds. The first-order chi connectivity index (χ1) is 39.6. The molecule has 4 aliphatic heterocycles. The van der Waals surface area contributed by atoms with Crippen LogP contribution in [0, 0.1) is 17.8 Å². The first kappa shape index (κ1) is 96.0. The van der Waals surface area contributed by atoms with E-state index in [2.05, 4.69) is 37.2 Å². The zero-order valence-corrected chi connectivity index (χ0v) is 62.4. The highest BCUT2D eigenvalue weighted by Gasteiger charge is 2.27. The first-order valence-electron chi connectivity index (χ1n) is 30.1. The van der Waals surface area contributed by atoms with Crippen LogP contribution in [0.1, 0.15) is 174 Å². The molecular weight excluding hydrogens is 1280 g/mol. The molecule has 0 aromatic carbocycles. The maximum Gasteiger partial charge on any atom is 0.305 e. The molecule has 4 rings (SSSR count). The van der Waals surface area contributed by atoms with Gasteiger partial charge in [-0.05, 0) is 124 Å². The second-order valence-electron chi connectivity index (χ2n) is 21.5. The Morgan fingerprint density at radius 2 is 1.00 bits per heavy atom. The average Bonchev–Trinajstić information content (AvgIpc) is 3.51. The van der Waals surface area contributed by atoms with Gasteiger partial charge in [-0.1, -0.05) is 48.5 Å². The quantitative estimate of drug-likeness (QED) is 0.159. The van der Waals surface area contributed by atoms with Crippen LogP contribution in [0.3, 0.4) is 0 Å². The molecule has 0 saturated carbocycles. The van der Waals surface area contributed by atoms with E-state index in [-0.39, 0.29) is 53.3 Å². The molecule has 4 heterocycles. The van der Waals surface area contributed by atoms with Gasteiger partial charge in [-0.15, -0.1) is 0 Å². The topological polar surface area (TPSA) is 360 Å². The van der Waals surface area contributed by atoms with Crippen molar-refractivity contribution in [2.75, 3.05) is 125 Å². The van der Waals surface area contributed by atoms with Crippen molar-refractivity contribution in [3.63, 3.8) is 0 Å². The number of aliphatic carboxylic acids is 1. The van der Waals surface area contributed by atoms with Crippen LogP contribution in [0.15, 0.2) is 0 Å². The van der Waals surface area contributed by atoms with Gasteiger partial charge in [0.1, 0.15) is 29.5 Å². The molecule has 0 spiro atoms. The number of nitrogens with zero attached hydrogens (tertiary/aromatic N) is 3. The monoisotopic (exact) mass is 1400 g/mol. The van der Waals surface area contributed by atoms with Crippen molar-refractivity contribution >= 4 is 87.3 Å². The minimum atomic E-state index is -2.92. The molecule has 2 unspecified atom stereocenters. The fraction of sp³-hybridized carbons (Fsp3) is 0.945. The Bertz CT molecular complexity index is 2540. The lowest BCUT2D eigenvalue weighted by molar-refractivity contribution is -0.142. The Kier molecular flexibility index (Phi) is 56.7. The largest absolute Gasteiger partial charge is 0.481 e. The molecule has 4 saturated heterocycles. The molecule has 0 bridgehead atoms. The van der Waals surface area contributed by atoms with E-state index in [0.717, 1.165) is 25.2 Å². The van der Waals surface area contributed by atoms with Gasteiger partial charge in [0.2, 0.25) is 36.0 Å². The van der Waals surface area contributed by atoms with E-state index < -0.39 is 75.4 Å². The van der Waals surface area contributed by atoms with Crippen molar-refractivity contribution in [1.82, 2.24) is 18.2 Å². The third-order valence-corrected chi connectivity index (χ3v) is 23.9. The molecule has 0 aromatic heterocycles. The third kappa shape index (κ3) is 63.8. The van der Waals surface area contributed by atoms with Gasteiger partial charge in [-0.25, -0.2) is 72.3 Å². The smallest absolute Gasteiger partial charge is 0.305 e. The van der Waals surface area contributed by atoms with E-state index in [0.29, 0.717) is 118 Å². The number of esters is 1. The Balaban J connectivity index is -0.000000212. The molecule has 0 aromatic rings. The number of carboxylic acid groups (broad SMARTS) is 1. The number of nitrogens with one attached hydrogen (secondary N) is 1. The zero-order valence-electron chi connectivity index (χ0n) is 56.7. The number of carboxylic acids is 1. The summed E-state index contributed by atoms with van der Waals surface area (Å²) < 4.78 is 170. The normalized spacial score (nSPS) is 19.8. The second kappa shape index (κ2) is 51.4. The Morgan fingerprint density at radius 3 is 1.21 bits per heavy atom. The maximum atomic E-state index is 11.6. The van der Waals surface area contributed by atoms with Gasteiger partial charge in [0.25, 0.3) is 0 Å². The number of sulfonamides is 3. The molecule has 25 nitrogen and oxygen atoms in total. The van der Waals surface area contributed by atoms with Crippen molar-refractivity contribution in [1.29, 1.82) is 0 Å². The first-order valence-corrected chi connectivity index (χ1v) is 42.7. The molecule has 32 heteroatoms. The number of hydrogen-bond donors (Lipinski definition) is 2. The van der Waals surface area contributed by atoms with E-state index in [1.54, 1.807) is 67.5 Å². The number of sulfone groups is 4. The van der Waals surface area contributed by atoms with Gasteiger partial charge < -0.3 is 24.2 Å². The zero-order chi connectivity index (χ0) is 69.6. The van der Waals surface area contributed by atoms with Crippen LogP contribution in [-0.2, 0) is 98.0 Å². The van der Waals surface area contributed by atoms with Crippen molar-refractivity contribution in [2.24, 2.45) is 17.8 Å². The summed E-state index contributed by atoms with van der Waals surface area (Å²) in [7, 11) is -13.2. The number of amides is 1. The molecule has 4 fully saturated rings. The lowest BCUT2D eigenvalue weighted by atomic mass is 9.95. The summed E-state index contributed by atoms with van der Waals surface area (Å²) in [5.74, 6) is 3.59. The number of ether oxygens (including phenoxy) is 3. The van der Waals surface area contributed by atoms with E-state index in [1.165, 1.54) is 48.1 Å². The molecule has 528 valence electrons. The summed E-state index contributed by atoms with van der Waals surface area (Å²) >= 11 is 0. The Hall–Kier alpha value is -2.14. The average molecular weight is 1400 g/mol. The molecule has 0 aliphatic carbocycles. The fourth-order valence-corrected chi connectivity index (χ4v) is 14.3. The molecule has 2 N–H and O–H groups in total. The lowest BCUT2D eigenvalue weighted by Crippen LogP contribution is -2.31. The van der Waals surface area contributed by atoms with Gasteiger partial charge in [-0.2, -0.15) is 0 Å². The Labute approximate surface area is 530 Å². The number of carbonyl (C=O) groups is 3. The second-order valence-corrected chi connectivity index (χ2v) is 37.3. The van der Waals surface area contributed by atoms with Crippen molar-refractivity contribution < 1.29 is 92.6 Å². The minimum absolute atomic E-state index is 0.123. The highest BCUT2D eigenvalue weighted by atomic mass is 32.2. The van der Waals surface area contributed by atoms with Crippen molar-refractivity contribution in [3.8, 4) is 0 Å². The number of carbonyl (C=O) groups excluding carboxylic acids is 2. The van der Waals surface area contributed by atoms with Gasteiger partial charge in [0.05, 0.1) is 77.2 Å². The fourth-order valence-electron chi connectivity index (χ4n) is 7.19. The van der Waals surface area contributed by atoms with Gasteiger partial charge >= 0.3 is 11.9 Å². The summed E-state index contributed by atoms with van der Waals surface area (Å²) in [5, 5.41) is 7.72. The summed E-state index contributed by atoms with van der Waals surface area (Å²) in [6.07, 6.45) is 12.4. The predicted octanol–water partition coefficient (Wildman–Crippen LogP) is 5.94. The van der Waals surface area contributed by atoms with E-state index in [4.69, 9.17) is 14.6 Å². The summed E-state index contributed by atoms with van der Waals surface area (Å²) in [5.41, 5.74) is 0. The Morgan fingerprint density at radius 1 is 0.586 bits per heavy atom. The van der Waals surface area contributed by atoms with Crippen LogP contribution < -0.4 is 4.72 Å². The highest BCUT2D eigenvalue weighted by molar-refractivity contribution is 7.92. The van der Waals surface area contributed by atoms with Crippen LogP contribution in [0.4, 0.5) is 0 Å². The van der Waals surface area contributed by atoms with Crippen LogP contribution in [0.5, 0.6) is 0 Å². The van der Waals surface area contributed by atoms with Crippen molar-refractivity contribution in [3.05, 3.63) is 0 Å². The summed E-state index contributed by atoms with van der Waals surface area (Å²) in [6, 6.07) is 0. The molecule has 87 heavy (non-hydrogen) atoms. The summed E-state index contributed by atoms with van der Waals surface area (Å²) in [4.78, 5) is 32.8. The van der Waals surface area contributed by atoms with Crippen LogP contribution in [0.2, 0.25) is 0 Å². The molecule has 2 atom stereocenters. The lowest BCUT2D eigenvalue weighted by Gasteiger charge is -2.29. The maximum absolute atomic E-state index is 11.6. The van der Waals surface area contributed by atoms with Crippen molar-refractivity contribution in [2.45, 2.75) is 192 Å². The minimum Gasteiger partial charge on any atom is -0.481 e.